The largest absolute Gasteiger partial charge is 0.354 e. The van der Waals surface area contributed by atoms with Gasteiger partial charge in [0, 0.05) is 23.8 Å². The van der Waals surface area contributed by atoms with Gasteiger partial charge in [-0.1, -0.05) is 36.4 Å². The summed E-state index contributed by atoms with van der Waals surface area (Å²) in [7, 11) is 0. The van der Waals surface area contributed by atoms with E-state index in [1.807, 2.05) is 59.5 Å². The molecule has 29 heavy (non-hydrogen) atoms. The molecule has 1 N–H and O–H groups in total. The highest BCUT2D eigenvalue weighted by Gasteiger charge is 2.31. The van der Waals surface area contributed by atoms with Crippen LogP contribution in [0.15, 0.2) is 67.1 Å². The lowest BCUT2D eigenvalue weighted by atomic mass is 10.2. The molecule has 2 aromatic carbocycles. The summed E-state index contributed by atoms with van der Waals surface area (Å²) in [6.45, 7) is 0.631. The molecule has 8 heteroatoms. The third-order valence-electron chi connectivity index (χ3n) is 5.01. The van der Waals surface area contributed by atoms with E-state index >= 15 is 0 Å². The van der Waals surface area contributed by atoms with E-state index in [-0.39, 0.29) is 17.3 Å². The normalized spacial score (nSPS) is 12.8. The van der Waals surface area contributed by atoms with Crippen molar-refractivity contribution in [1.29, 1.82) is 0 Å². The molecule has 0 spiro atoms. The first-order valence-electron chi connectivity index (χ1n) is 9.18. The van der Waals surface area contributed by atoms with Gasteiger partial charge >= 0.3 is 5.69 Å². The standard InChI is InChI=1S/C21H16N6O2/c28-27(29)19-20(25-16-8-3-6-15-7-4-11-22-18(15)16)23-13-24-21(19)26-12-10-14-5-1-2-9-17(14)26/h1-9,11,13H,10,12H2,(H,23,24,25). The predicted molar refractivity (Wildman–Crippen MR) is 111 cm³/mol. The van der Waals surface area contributed by atoms with Crippen LogP contribution in [-0.2, 0) is 6.42 Å². The van der Waals surface area contributed by atoms with Crippen molar-refractivity contribution < 1.29 is 4.92 Å². The van der Waals surface area contributed by atoms with Crippen LogP contribution in [0.3, 0.4) is 0 Å². The summed E-state index contributed by atoms with van der Waals surface area (Å²) in [5.41, 5.74) is 3.30. The van der Waals surface area contributed by atoms with Gasteiger partial charge in [0.15, 0.2) is 0 Å². The molecule has 4 aromatic rings. The zero-order valence-electron chi connectivity index (χ0n) is 15.3. The van der Waals surface area contributed by atoms with E-state index in [9.17, 15) is 10.1 Å². The number of rotatable bonds is 4. The zero-order chi connectivity index (χ0) is 19.8. The topological polar surface area (TPSA) is 97.1 Å². The number of nitrogens with one attached hydrogen (secondary N) is 1. The Hall–Kier alpha value is -4.07. The van der Waals surface area contributed by atoms with E-state index in [0.717, 1.165) is 28.6 Å². The SMILES string of the molecule is O=[N+]([O-])c1c(Nc2cccc3cccnc23)ncnc1N1CCc2ccccc21. The van der Waals surface area contributed by atoms with Gasteiger partial charge in [0.05, 0.1) is 16.1 Å². The quantitative estimate of drug-likeness (QED) is 0.412. The maximum Gasteiger partial charge on any atom is 0.354 e. The molecule has 1 aliphatic heterocycles. The summed E-state index contributed by atoms with van der Waals surface area (Å²) in [5, 5.41) is 16.0. The fourth-order valence-corrected chi connectivity index (χ4v) is 3.72. The first-order chi connectivity index (χ1) is 14.2. The number of aromatic nitrogens is 3. The van der Waals surface area contributed by atoms with Crippen molar-refractivity contribution in [3.05, 3.63) is 82.8 Å². The maximum atomic E-state index is 12.0. The number of nitrogens with zero attached hydrogens (tertiary/aromatic N) is 5. The maximum absolute atomic E-state index is 12.0. The second kappa shape index (κ2) is 6.83. The highest BCUT2D eigenvalue weighted by Crippen LogP contribution is 2.41. The molecule has 0 aliphatic carbocycles. The van der Waals surface area contributed by atoms with E-state index < -0.39 is 4.92 Å². The summed E-state index contributed by atoms with van der Waals surface area (Å²) >= 11 is 0. The second-order valence-corrected chi connectivity index (χ2v) is 6.69. The van der Waals surface area contributed by atoms with Gasteiger partial charge in [-0.25, -0.2) is 9.97 Å². The Morgan fingerprint density at radius 2 is 1.86 bits per heavy atom. The van der Waals surface area contributed by atoms with Crippen LogP contribution in [0, 0.1) is 10.1 Å². The molecular formula is C21H16N6O2. The van der Waals surface area contributed by atoms with E-state index in [1.165, 1.54) is 6.33 Å². The van der Waals surface area contributed by atoms with Crippen LogP contribution in [0.5, 0.6) is 0 Å². The van der Waals surface area contributed by atoms with Gasteiger partial charge in [-0.05, 0) is 30.2 Å². The average Bonchev–Trinajstić information content (AvgIpc) is 3.18. The Labute approximate surface area is 166 Å². The third-order valence-corrected chi connectivity index (χ3v) is 5.01. The fraction of sp³-hybridized carbons (Fsp3) is 0.0952. The number of para-hydroxylation sites is 2. The molecule has 3 heterocycles. The molecule has 2 aromatic heterocycles. The third kappa shape index (κ3) is 2.91. The van der Waals surface area contributed by atoms with Crippen LogP contribution < -0.4 is 10.2 Å². The summed E-state index contributed by atoms with van der Waals surface area (Å²) in [6.07, 6.45) is 3.85. The van der Waals surface area contributed by atoms with Crippen LogP contribution in [0.4, 0.5) is 28.7 Å². The Balaban J connectivity index is 1.62. The first-order valence-corrected chi connectivity index (χ1v) is 9.18. The van der Waals surface area contributed by atoms with Gasteiger partial charge in [-0.15, -0.1) is 0 Å². The van der Waals surface area contributed by atoms with Crippen LogP contribution in [0.2, 0.25) is 0 Å². The van der Waals surface area contributed by atoms with Crippen LogP contribution >= 0.6 is 0 Å². The Kier molecular flexibility index (Phi) is 4.02. The predicted octanol–water partition coefficient (Wildman–Crippen LogP) is 4.37. The number of benzene rings is 2. The van der Waals surface area contributed by atoms with E-state index in [1.54, 1.807) is 6.20 Å². The minimum Gasteiger partial charge on any atom is -0.332 e. The molecule has 0 unspecified atom stereocenters. The van der Waals surface area contributed by atoms with Crippen molar-refractivity contribution in [2.24, 2.45) is 0 Å². The van der Waals surface area contributed by atoms with E-state index in [2.05, 4.69) is 20.3 Å². The molecule has 0 atom stereocenters. The van der Waals surface area contributed by atoms with Crippen molar-refractivity contribution in [3.8, 4) is 0 Å². The smallest absolute Gasteiger partial charge is 0.332 e. The molecule has 0 amide bonds. The molecule has 142 valence electrons. The molecule has 0 radical (unpaired) electrons. The molecular weight excluding hydrogens is 368 g/mol. The van der Waals surface area contributed by atoms with Gasteiger partial charge < -0.3 is 10.2 Å². The Bertz CT molecular complexity index is 1240. The van der Waals surface area contributed by atoms with Crippen LogP contribution in [0.1, 0.15) is 5.56 Å². The number of pyridine rings is 1. The average molecular weight is 384 g/mol. The summed E-state index contributed by atoms with van der Waals surface area (Å²) < 4.78 is 0. The number of fused-ring (bicyclic) bond motifs is 2. The lowest BCUT2D eigenvalue weighted by Gasteiger charge is -2.19. The summed E-state index contributed by atoms with van der Waals surface area (Å²) in [5.74, 6) is 0.424. The van der Waals surface area contributed by atoms with Gasteiger partial charge in [-0.2, -0.15) is 0 Å². The molecule has 0 fully saturated rings. The summed E-state index contributed by atoms with van der Waals surface area (Å²) in [6, 6.07) is 17.3. The number of anilines is 4. The highest BCUT2D eigenvalue weighted by molar-refractivity contribution is 5.93. The van der Waals surface area contributed by atoms with E-state index in [0.29, 0.717) is 12.2 Å². The van der Waals surface area contributed by atoms with Crippen molar-refractivity contribution in [2.45, 2.75) is 6.42 Å². The molecule has 1 aliphatic rings. The van der Waals surface area contributed by atoms with Gasteiger partial charge in [0.25, 0.3) is 0 Å². The minimum absolute atomic E-state index is 0.141. The van der Waals surface area contributed by atoms with Gasteiger partial charge in [0.2, 0.25) is 11.6 Å². The molecule has 0 saturated heterocycles. The fourth-order valence-electron chi connectivity index (χ4n) is 3.72. The molecule has 0 saturated carbocycles. The summed E-state index contributed by atoms with van der Waals surface area (Å²) in [4.78, 5) is 26.3. The second-order valence-electron chi connectivity index (χ2n) is 6.69. The van der Waals surface area contributed by atoms with Crippen molar-refractivity contribution >= 4 is 39.6 Å². The van der Waals surface area contributed by atoms with Gasteiger partial charge in [0.1, 0.15) is 6.33 Å². The highest BCUT2D eigenvalue weighted by atomic mass is 16.6. The number of hydrogen-bond donors (Lipinski definition) is 1. The molecule has 8 nitrogen and oxygen atoms in total. The number of hydrogen-bond acceptors (Lipinski definition) is 7. The van der Waals surface area contributed by atoms with Crippen molar-refractivity contribution in [3.63, 3.8) is 0 Å². The van der Waals surface area contributed by atoms with Crippen molar-refractivity contribution in [1.82, 2.24) is 15.0 Å². The lowest BCUT2D eigenvalue weighted by Crippen LogP contribution is -2.17. The van der Waals surface area contributed by atoms with E-state index in [4.69, 9.17) is 0 Å². The zero-order valence-corrected chi connectivity index (χ0v) is 15.3. The molecule has 5 rings (SSSR count). The monoisotopic (exact) mass is 384 g/mol. The first kappa shape index (κ1) is 17.1. The van der Waals surface area contributed by atoms with Crippen molar-refractivity contribution in [2.75, 3.05) is 16.8 Å². The Morgan fingerprint density at radius 1 is 1.00 bits per heavy atom. The van der Waals surface area contributed by atoms with Crippen LogP contribution in [0.25, 0.3) is 10.9 Å². The Morgan fingerprint density at radius 3 is 2.76 bits per heavy atom. The molecule has 0 bridgehead atoms. The van der Waals surface area contributed by atoms with Crippen LogP contribution in [-0.4, -0.2) is 26.4 Å². The van der Waals surface area contributed by atoms with Gasteiger partial charge in [-0.3, -0.25) is 15.1 Å². The lowest BCUT2D eigenvalue weighted by molar-refractivity contribution is -0.383. The minimum atomic E-state index is -0.433. The number of nitro groups is 1.